The van der Waals surface area contributed by atoms with Crippen molar-refractivity contribution in [3.63, 3.8) is 0 Å². The van der Waals surface area contributed by atoms with E-state index in [4.69, 9.17) is 9.47 Å². The summed E-state index contributed by atoms with van der Waals surface area (Å²) in [6, 6.07) is 9.78. The van der Waals surface area contributed by atoms with Crippen LogP contribution in [0.3, 0.4) is 0 Å². The Bertz CT molecular complexity index is 901. The van der Waals surface area contributed by atoms with E-state index < -0.39 is 11.8 Å². The first-order valence-electron chi connectivity index (χ1n) is 12.9. The number of hydrogen-bond acceptors (Lipinski definition) is 3. The van der Waals surface area contributed by atoms with Gasteiger partial charge in [0.15, 0.2) is 11.6 Å². The van der Waals surface area contributed by atoms with Crippen molar-refractivity contribution in [1.29, 1.82) is 0 Å². The van der Waals surface area contributed by atoms with Gasteiger partial charge >= 0.3 is 5.97 Å². The van der Waals surface area contributed by atoms with E-state index in [1.54, 1.807) is 24.3 Å². The molecule has 1 aliphatic carbocycles. The van der Waals surface area contributed by atoms with Crippen molar-refractivity contribution in [3.8, 4) is 22.6 Å². The number of halogens is 1. The first-order valence-corrected chi connectivity index (χ1v) is 12.9. The molecular formula is C29H39FO4. The van der Waals surface area contributed by atoms with Crippen LogP contribution in [0.15, 0.2) is 36.4 Å². The van der Waals surface area contributed by atoms with Gasteiger partial charge in [0.05, 0.1) is 18.8 Å². The van der Waals surface area contributed by atoms with Crippen molar-refractivity contribution in [2.45, 2.75) is 78.1 Å². The van der Waals surface area contributed by atoms with Gasteiger partial charge in [-0.15, -0.1) is 0 Å². The Hall–Kier alpha value is -2.56. The molecule has 0 saturated heterocycles. The molecule has 2 aromatic carbocycles. The van der Waals surface area contributed by atoms with Crippen LogP contribution in [0.1, 0.15) is 88.4 Å². The van der Waals surface area contributed by atoms with Gasteiger partial charge in [0.2, 0.25) is 0 Å². The number of rotatable bonds is 13. The van der Waals surface area contributed by atoms with Crippen LogP contribution in [0.2, 0.25) is 0 Å². The lowest BCUT2D eigenvalue weighted by molar-refractivity contribution is 0.0697. The van der Waals surface area contributed by atoms with Gasteiger partial charge in [-0.05, 0) is 60.9 Å². The predicted molar refractivity (Wildman–Crippen MR) is 134 cm³/mol. The number of unbranched alkanes of at least 4 members (excludes halogenated alkanes) is 1. The minimum absolute atomic E-state index is 0.0479. The first kappa shape index (κ1) is 26.1. The van der Waals surface area contributed by atoms with Gasteiger partial charge in [-0.2, -0.15) is 0 Å². The van der Waals surface area contributed by atoms with Crippen LogP contribution in [0, 0.1) is 17.7 Å². The van der Waals surface area contributed by atoms with E-state index in [9.17, 15) is 9.90 Å². The highest BCUT2D eigenvalue weighted by atomic mass is 19.1. The van der Waals surface area contributed by atoms with Gasteiger partial charge in [-0.1, -0.05) is 70.9 Å². The van der Waals surface area contributed by atoms with E-state index in [0.29, 0.717) is 24.5 Å². The van der Waals surface area contributed by atoms with E-state index in [-0.39, 0.29) is 16.9 Å². The van der Waals surface area contributed by atoms with E-state index in [0.717, 1.165) is 31.1 Å². The van der Waals surface area contributed by atoms with Crippen LogP contribution in [-0.4, -0.2) is 24.3 Å². The summed E-state index contributed by atoms with van der Waals surface area (Å²) in [4.78, 5) is 11.7. The standard InChI is InChI=1S/C29H39FO4/c1-3-5-19-34-26-18-17-25(29(31)32)27(28(26)30)23-13-15-24(16-14-23)33-20-6-8-22-11-9-21(7-4-2)10-12-22/h13-18,21-22H,3-12,19-20H2,1-2H3,(H,31,32). The lowest BCUT2D eigenvalue weighted by Crippen LogP contribution is -2.15. The molecule has 0 aromatic heterocycles. The van der Waals surface area contributed by atoms with Gasteiger partial charge in [-0.25, -0.2) is 9.18 Å². The Labute approximate surface area is 203 Å². The molecule has 0 aliphatic heterocycles. The third-order valence-corrected chi connectivity index (χ3v) is 6.92. The maximum absolute atomic E-state index is 15.2. The minimum Gasteiger partial charge on any atom is -0.494 e. The normalized spacial score (nSPS) is 18.0. The van der Waals surface area contributed by atoms with Gasteiger partial charge in [0, 0.05) is 5.56 Å². The molecule has 1 N–H and O–H groups in total. The topological polar surface area (TPSA) is 55.8 Å². The van der Waals surface area contributed by atoms with Crippen molar-refractivity contribution in [3.05, 3.63) is 47.8 Å². The Morgan fingerprint density at radius 3 is 2.15 bits per heavy atom. The minimum atomic E-state index is -1.17. The molecular weight excluding hydrogens is 431 g/mol. The summed E-state index contributed by atoms with van der Waals surface area (Å²) in [5.74, 6) is 0.742. The van der Waals surface area contributed by atoms with E-state index in [1.165, 1.54) is 57.1 Å². The fourth-order valence-electron chi connectivity index (χ4n) is 4.95. The molecule has 1 fully saturated rings. The maximum atomic E-state index is 15.2. The smallest absolute Gasteiger partial charge is 0.336 e. The molecule has 186 valence electrons. The second-order valence-corrected chi connectivity index (χ2v) is 9.50. The van der Waals surface area contributed by atoms with Crippen LogP contribution in [0.25, 0.3) is 11.1 Å². The molecule has 5 heteroatoms. The summed E-state index contributed by atoms with van der Waals surface area (Å²) in [5.41, 5.74) is 0.460. The Kier molecular flexibility index (Phi) is 10.2. The van der Waals surface area contributed by atoms with Crippen molar-refractivity contribution in [1.82, 2.24) is 0 Å². The molecule has 0 atom stereocenters. The molecule has 2 aromatic rings. The summed E-state index contributed by atoms with van der Waals surface area (Å²) in [6.45, 7) is 5.36. The molecule has 3 rings (SSSR count). The summed E-state index contributed by atoms with van der Waals surface area (Å²) in [5, 5.41) is 9.57. The summed E-state index contributed by atoms with van der Waals surface area (Å²) < 4.78 is 26.6. The number of ether oxygens (including phenoxy) is 2. The number of carboxylic acids is 1. The van der Waals surface area contributed by atoms with Crippen molar-refractivity contribution < 1.29 is 23.8 Å². The van der Waals surface area contributed by atoms with Crippen molar-refractivity contribution in [2.75, 3.05) is 13.2 Å². The molecule has 0 amide bonds. The van der Waals surface area contributed by atoms with E-state index in [2.05, 4.69) is 6.92 Å². The number of benzene rings is 2. The molecule has 0 heterocycles. The summed E-state index contributed by atoms with van der Waals surface area (Å²) in [6.07, 6.45) is 12.1. The molecule has 4 nitrogen and oxygen atoms in total. The van der Waals surface area contributed by atoms with Crippen LogP contribution in [0.4, 0.5) is 4.39 Å². The number of carbonyl (C=O) groups is 1. The van der Waals surface area contributed by atoms with E-state index >= 15 is 4.39 Å². The number of aromatic carboxylic acids is 1. The Morgan fingerprint density at radius 1 is 0.882 bits per heavy atom. The highest BCUT2D eigenvalue weighted by Crippen LogP contribution is 2.35. The molecule has 34 heavy (non-hydrogen) atoms. The SMILES string of the molecule is CCCCOc1ccc(C(=O)O)c(-c2ccc(OCCCC3CCC(CCC)CC3)cc2)c1F. The molecule has 0 radical (unpaired) electrons. The lowest BCUT2D eigenvalue weighted by Gasteiger charge is -2.28. The first-order chi connectivity index (χ1) is 16.5. The highest BCUT2D eigenvalue weighted by Gasteiger charge is 2.21. The van der Waals surface area contributed by atoms with Crippen LogP contribution in [0.5, 0.6) is 11.5 Å². The second kappa shape index (κ2) is 13.4. The van der Waals surface area contributed by atoms with Gasteiger partial charge in [0.1, 0.15) is 5.75 Å². The van der Waals surface area contributed by atoms with Crippen molar-refractivity contribution in [2.24, 2.45) is 11.8 Å². The zero-order valence-electron chi connectivity index (χ0n) is 20.7. The van der Waals surface area contributed by atoms with E-state index in [1.807, 2.05) is 6.92 Å². The van der Waals surface area contributed by atoms with Crippen LogP contribution >= 0.6 is 0 Å². The fraction of sp³-hybridized carbons (Fsp3) is 0.552. The predicted octanol–water partition coefficient (Wildman–Crippen LogP) is 8.14. The third-order valence-electron chi connectivity index (χ3n) is 6.92. The van der Waals surface area contributed by atoms with Gasteiger partial charge in [0.25, 0.3) is 0 Å². The lowest BCUT2D eigenvalue weighted by atomic mass is 9.78. The molecule has 0 bridgehead atoms. The van der Waals surface area contributed by atoms with Crippen molar-refractivity contribution >= 4 is 5.97 Å². The zero-order valence-corrected chi connectivity index (χ0v) is 20.7. The summed E-state index contributed by atoms with van der Waals surface area (Å²) in [7, 11) is 0. The van der Waals surface area contributed by atoms with Crippen LogP contribution < -0.4 is 9.47 Å². The largest absolute Gasteiger partial charge is 0.494 e. The molecule has 0 unspecified atom stereocenters. The highest BCUT2D eigenvalue weighted by molar-refractivity contribution is 5.96. The Morgan fingerprint density at radius 2 is 1.53 bits per heavy atom. The maximum Gasteiger partial charge on any atom is 0.336 e. The number of carboxylic acid groups (broad SMARTS) is 1. The second-order valence-electron chi connectivity index (χ2n) is 9.50. The van der Waals surface area contributed by atoms with Crippen LogP contribution in [-0.2, 0) is 0 Å². The summed E-state index contributed by atoms with van der Waals surface area (Å²) >= 11 is 0. The Balaban J connectivity index is 1.56. The third kappa shape index (κ3) is 7.22. The average Bonchev–Trinajstić information content (AvgIpc) is 2.84. The van der Waals surface area contributed by atoms with Gasteiger partial charge < -0.3 is 14.6 Å². The zero-order chi connectivity index (χ0) is 24.3. The monoisotopic (exact) mass is 470 g/mol. The molecule has 1 saturated carbocycles. The van der Waals surface area contributed by atoms with Gasteiger partial charge in [-0.3, -0.25) is 0 Å². The quantitative estimate of drug-likeness (QED) is 0.300. The number of hydrogen-bond donors (Lipinski definition) is 1. The molecule has 0 spiro atoms. The molecule has 1 aliphatic rings. The average molecular weight is 471 g/mol. The fourth-order valence-corrected chi connectivity index (χ4v) is 4.95.